The monoisotopic (exact) mass is 478 g/mol. The highest BCUT2D eigenvalue weighted by atomic mass is 19.3. The summed E-state index contributed by atoms with van der Waals surface area (Å²) in [5.74, 6) is 5.63. The molecule has 0 amide bonds. The molecule has 0 radical (unpaired) electrons. The lowest BCUT2D eigenvalue weighted by Crippen LogP contribution is -2.59. The maximum atomic E-state index is 15.8. The van der Waals surface area contributed by atoms with E-state index in [1.54, 1.807) is 24.3 Å². The number of hydrazone groups is 1. The number of rotatable bonds is 9. The summed E-state index contributed by atoms with van der Waals surface area (Å²) in [6.45, 7) is -0.838. The van der Waals surface area contributed by atoms with Gasteiger partial charge in [-0.1, -0.05) is 6.07 Å². The molecule has 8 nitrogen and oxygen atoms in total. The van der Waals surface area contributed by atoms with E-state index in [1.165, 1.54) is 13.2 Å². The Morgan fingerprint density at radius 3 is 2.24 bits per heavy atom. The van der Waals surface area contributed by atoms with Crippen LogP contribution in [0.2, 0.25) is 0 Å². The highest BCUT2D eigenvalue weighted by molar-refractivity contribution is 5.54. The van der Waals surface area contributed by atoms with E-state index in [-0.39, 0.29) is 5.75 Å². The fraction of sp³-hybridized carbons (Fsp3) is 0.182. The van der Waals surface area contributed by atoms with E-state index in [4.69, 9.17) is 26.9 Å². The number of benzene rings is 2. The number of halogens is 4. The quantitative estimate of drug-likeness (QED) is 0.142. The van der Waals surface area contributed by atoms with Crippen LogP contribution in [0.3, 0.4) is 0 Å². The van der Waals surface area contributed by atoms with Gasteiger partial charge in [-0.05, 0) is 42.5 Å². The molecule has 3 aromatic rings. The van der Waals surface area contributed by atoms with Crippen molar-refractivity contribution < 1.29 is 27.0 Å². The van der Waals surface area contributed by atoms with Crippen LogP contribution < -0.4 is 26.9 Å². The number of methoxy groups -OCH3 is 1. The van der Waals surface area contributed by atoms with Gasteiger partial charge in [0.2, 0.25) is 0 Å². The molecule has 2 aromatic carbocycles. The van der Waals surface area contributed by atoms with Gasteiger partial charge in [0.1, 0.15) is 46.5 Å². The predicted octanol–water partition coefficient (Wildman–Crippen LogP) is 3.18. The molecule has 1 unspecified atom stereocenters. The Bertz CT molecular complexity index is 1150. The number of alkyl halides is 2. The lowest BCUT2D eigenvalue weighted by Gasteiger charge is -2.39. The van der Waals surface area contributed by atoms with E-state index < -0.39 is 40.9 Å². The average Bonchev–Trinajstić information content (AvgIpc) is 2.80. The number of aromatic nitrogens is 1. The van der Waals surface area contributed by atoms with Crippen LogP contribution in [0.4, 0.5) is 17.6 Å². The first kappa shape index (κ1) is 24.7. The molecule has 12 heteroatoms. The summed E-state index contributed by atoms with van der Waals surface area (Å²) in [7, 11) is 1.51. The van der Waals surface area contributed by atoms with Crippen molar-refractivity contribution >= 4 is 6.34 Å². The fourth-order valence-corrected chi connectivity index (χ4v) is 3.25. The highest BCUT2D eigenvalue weighted by Gasteiger charge is 2.56. The van der Waals surface area contributed by atoms with Crippen LogP contribution in [0.1, 0.15) is 11.3 Å². The summed E-state index contributed by atoms with van der Waals surface area (Å²) in [6, 6.07) is 10.9. The molecule has 0 aliphatic rings. The molecule has 1 aromatic heterocycles. The van der Waals surface area contributed by atoms with Crippen molar-refractivity contribution in [2.24, 2.45) is 22.5 Å². The largest absolute Gasteiger partial charge is 0.497 e. The lowest BCUT2D eigenvalue weighted by molar-refractivity contribution is -0.0964. The molecule has 0 fully saturated rings. The van der Waals surface area contributed by atoms with Crippen molar-refractivity contribution in [1.82, 2.24) is 9.99 Å². The minimum atomic E-state index is -3.98. The van der Waals surface area contributed by atoms with Gasteiger partial charge < -0.3 is 21.1 Å². The summed E-state index contributed by atoms with van der Waals surface area (Å²) < 4.78 is 70.2. The molecule has 0 saturated carbocycles. The summed E-state index contributed by atoms with van der Waals surface area (Å²) in [5.41, 5.74) is 1.82. The molecule has 34 heavy (non-hydrogen) atoms. The van der Waals surface area contributed by atoms with Crippen LogP contribution in [-0.2, 0) is 11.5 Å². The normalized spacial score (nSPS) is 13.5. The van der Waals surface area contributed by atoms with Crippen molar-refractivity contribution in [3.63, 3.8) is 0 Å². The highest BCUT2D eigenvalue weighted by Crippen LogP contribution is 2.44. The summed E-state index contributed by atoms with van der Waals surface area (Å²) in [6.07, 6.45) is 1.90. The molecule has 1 atom stereocenters. The Balaban J connectivity index is 1.96. The van der Waals surface area contributed by atoms with E-state index in [0.717, 1.165) is 30.7 Å². The standard InChI is InChI=1S/C22H22F4N6O2/c1-33-15-3-5-16(6-4-15)34-17-7-9-20(30-11-17)22(25,26)21(27,12-32(29)13-31-28)18-8-2-14(23)10-19(18)24/h2-11,13H,12,27-29H2,1H3/b31-13-. The van der Waals surface area contributed by atoms with Gasteiger partial charge in [0, 0.05) is 11.6 Å². The van der Waals surface area contributed by atoms with Crippen LogP contribution in [0, 0.1) is 11.6 Å². The zero-order chi connectivity index (χ0) is 24.9. The van der Waals surface area contributed by atoms with Crippen molar-refractivity contribution in [2.45, 2.75) is 11.5 Å². The minimum Gasteiger partial charge on any atom is -0.497 e. The SMILES string of the molecule is COc1ccc(Oc2ccc(C(F)(F)C(N)(CN(N)/C=N\N)c3ccc(F)cc3F)nc2)cc1. The van der Waals surface area contributed by atoms with Gasteiger partial charge in [-0.25, -0.2) is 14.6 Å². The molecule has 0 aliphatic carbocycles. The summed E-state index contributed by atoms with van der Waals surface area (Å²) >= 11 is 0. The zero-order valence-corrected chi connectivity index (χ0v) is 18.0. The fourth-order valence-electron chi connectivity index (χ4n) is 3.25. The number of hydrogen-bond donors (Lipinski definition) is 3. The molecule has 180 valence electrons. The second-order valence-corrected chi connectivity index (χ2v) is 7.26. The topological polar surface area (TPSA) is 125 Å². The Kier molecular flexibility index (Phi) is 7.23. The molecule has 0 bridgehead atoms. The number of nitrogens with zero attached hydrogens (tertiary/aromatic N) is 3. The molecular formula is C22H22F4N6O2. The van der Waals surface area contributed by atoms with Gasteiger partial charge >= 0.3 is 5.92 Å². The van der Waals surface area contributed by atoms with Crippen LogP contribution in [-0.4, -0.2) is 30.0 Å². The van der Waals surface area contributed by atoms with E-state index in [9.17, 15) is 8.78 Å². The third-order valence-electron chi connectivity index (χ3n) is 4.97. The van der Waals surface area contributed by atoms with Gasteiger partial charge in [-0.15, -0.1) is 0 Å². The van der Waals surface area contributed by atoms with E-state index in [1.807, 2.05) is 0 Å². The Labute approximate surface area is 192 Å². The average molecular weight is 478 g/mol. The van der Waals surface area contributed by atoms with Crippen molar-refractivity contribution in [3.8, 4) is 17.2 Å². The van der Waals surface area contributed by atoms with Crippen LogP contribution in [0.15, 0.2) is 65.9 Å². The third kappa shape index (κ3) is 5.02. The Morgan fingerprint density at radius 2 is 1.68 bits per heavy atom. The number of nitrogens with two attached hydrogens (primary N) is 3. The summed E-state index contributed by atoms with van der Waals surface area (Å²) in [4.78, 5) is 3.78. The van der Waals surface area contributed by atoms with Gasteiger partial charge in [-0.3, -0.25) is 9.99 Å². The van der Waals surface area contributed by atoms with Crippen molar-refractivity contribution in [2.75, 3.05) is 13.7 Å². The Morgan fingerprint density at radius 1 is 1.03 bits per heavy atom. The first-order chi connectivity index (χ1) is 16.1. The number of hydrogen-bond acceptors (Lipinski definition) is 7. The predicted molar refractivity (Wildman–Crippen MR) is 117 cm³/mol. The van der Waals surface area contributed by atoms with Gasteiger partial charge in [-0.2, -0.15) is 13.9 Å². The third-order valence-corrected chi connectivity index (χ3v) is 4.97. The second-order valence-electron chi connectivity index (χ2n) is 7.26. The van der Waals surface area contributed by atoms with Crippen molar-refractivity contribution in [1.29, 1.82) is 0 Å². The molecule has 1 heterocycles. The Hall–Kier alpha value is -3.90. The van der Waals surface area contributed by atoms with Gasteiger partial charge in [0.05, 0.1) is 19.9 Å². The number of pyridine rings is 1. The zero-order valence-electron chi connectivity index (χ0n) is 18.0. The number of ether oxygens (including phenoxy) is 2. The molecule has 6 N–H and O–H groups in total. The maximum absolute atomic E-state index is 15.8. The van der Waals surface area contributed by atoms with Gasteiger partial charge in [0.25, 0.3) is 0 Å². The molecular weight excluding hydrogens is 456 g/mol. The van der Waals surface area contributed by atoms with Crippen LogP contribution >= 0.6 is 0 Å². The van der Waals surface area contributed by atoms with E-state index >= 15 is 8.78 Å². The van der Waals surface area contributed by atoms with E-state index in [2.05, 4.69) is 10.1 Å². The van der Waals surface area contributed by atoms with Crippen LogP contribution in [0.5, 0.6) is 17.2 Å². The van der Waals surface area contributed by atoms with Crippen LogP contribution in [0.25, 0.3) is 0 Å². The first-order valence-corrected chi connectivity index (χ1v) is 9.76. The minimum absolute atomic E-state index is 0.163. The lowest BCUT2D eigenvalue weighted by atomic mass is 9.82. The summed E-state index contributed by atoms with van der Waals surface area (Å²) in [5, 5.41) is 3.81. The molecule has 0 saturated heterocycles. The van der Waals surface area contributed by atoms with Crippen molar-refractivity contribution in [3.05, 3.63) is 83.7 Å². The molecule has 0 spiro atoms. The molecule has 0 aliphatic heterocycles. The molecule has 3 rings (SSSR count). The maximum Gasteiger partial charge on any atom is 0.313 e. The first-order valence-electron chi connectivity index (χ1n) is 9.76. The second kappa shape index (κ2) is 9.93. The van der Waals surface area contributed by atoms with E-state index in [0.29, 0.717) is 22.6 Å². The smallest absolute Gasteiger partial charge is 0.313 e. The number of hydrazine groups is 1. The van der Waals surface area contributed by atoms with Gasteiger partial charge in [0.15, 0.2) is 0 Å².